The van der Waals surface area contributed by atoms with Crippen molar-refractivity contribution in [2.45, 2.75) is 32.9 Å². The second-order valence-corrected chi connectivity index (χ2v) is 8.56. The molecule has 3 aromatic heterocycles. The van der Waals surface area contributed by atoms with Crippen LogP contribution in [-0.4, -0.2) is 65.9 Å². The first-order chi connectivity index (χ1) is 19.3. The normalized spacial score (nSPS) is 11.8. The summed E-state index contributed by atoms with van der Waals surface area (Å²) >= 11 is 0. The molecule has 0 spiro atoms. The van der Waals surface area contributed by atoms with Gasteiger partial charge in [0.05, 0.1) is 24.1 Å². The number of benzene rings is 1. The Hall–Kier alpha value is -5.27. The van der Waals surface area contributed by atoms with Gasteiger partial charge in [0.1, 0.15) is 24.0 Å². The summed E-state index contributed by atoms with van der Waals surface area (Å²) in [6.45, 7) is 4.15. The van der Waals surface area contributed by atoms with Crippen LogP contribution < -0.4 is 10.6 Å². The second-order valence-electron chi connectivity index (χ2n) is 8.56. The number of ether oxygens (including phenoxy) is 1. The van der Waals surface area contributed by atoms with Crippen LogP contribution in [0, 0.1) is 12.7 Å². The molecule has 0 bridgehead atoms. The highest BCUT2D eigenvalue weighted by Crippen LogP contribution is 2.22. The molecule has 0 aliphatic carbocycles. The molecule has 206 valence electrons. The summed E-state index contributed by atoms with van der Waals surface area (Å²) in [6.07, 6.45) is 6.83. The molecular formula is C26H26FN9O4. The van der Waals surface area contributed by atoms with E-state index in [1.807, 2.05) is 6.92 Å². The molecule has 2 N–H and O–H groups in total. The summed E-state index contributed by atoms with van der Waals surface area (Å²) in [5.41, 5.74) is 1.58. The van der Waals surface area contributed by atoms with Crippen LogP contribution in [0.4, 0.5) is 10.2 Å². The number of aryl methyl sites for hydroxylation is 2. The van der Waals surface area contributed by atoms with Crippen LogP contribution in [0.25, 0.3) is 11.8 Å². The summed E-state index contributed by atoms with van der Waals surface area (Å²) < 4.78 is 22.6. The van der Waals surface area contributed by atoms with E-state index in [1.165, 1.54) is 42.5 Å². The number of esters is 1. The zero-order chi connectivity index (χ0) is 28.6. The van der Waals surface area contributed by atoms with E-state index in [2.05, 4.69) is 41.0 Å². The van der Waals surface area contributed by atoms with Crippen molar-refractivity contribution < 1.29 is 23.5 Å². The predicted molar refractivity (Wildman–Crippen MR) is 141 cm³/mol. The van der Waals surface area contributed by atoms with Gasteiger partial charge in [-0.05, 0) is 60.2 Å². The number of carbonyl (C=O) groups excluding carboxylic acids is 3. The van der Waals surface area contributed by atoms with Crippen molar-refractivity contribution in [2.75, 3.05) is 12.4 Å². The van der Waals surface area contributed by atoms with Crippen molar-refractivity contribution in [2.24, 2.45) is 0 Å². The van der Waals surface area contributed by atoms with Gasteiger partial charge in [-0.3, -0.25) is 14.3 Å². The monoisotopic (exact) mass is 547 g/mol. The molecule has 0 radical (unpaired) electrons. The van der Waals surface area contributed by atoms with Gasteiger partial charge in [-0.1, -0.05) is 6.07 Å². The fourth-order valence-corrected chi connectivity index (χ4v) is 3.73. The van der Waals surface area contributed by atoms with Crippen molar-refractivity contribution in [3.8, 4) is 5.69 Å². The van der Waals surface area contributed by atoms with Gasteiger partial charge in [-0.15, -0.1) is 5.10 Å². The zero-order valence-corrected chi connectivity index (χ0v) is 21.9. The lowest BCUT2D eigenvalue weighted by atomic mass is 10.1. The molecule has 0 saturated heterocycles. The SMILES string of the molecule is CCn1ccc(C[C@H](NC(=O)/C=C/c2c(-n3cnnn3)ccc(C)c2F)C(=O)Nc2ccc(C(=O)OC)cn2)n1. The number of halogens is 1. The number of hydrogen-bond donors (Lipinski definition) is 2. The van der Waals surface area contributed by atoms with E-state index in [9.17, 15) is 18.8 Å². The minimum Gasteiger partial charge on any atom is -0.465 e. The molecule has 40 heavy (non-hydrogen) atoms. The van der Waals surface area contributed by atoms with Crippen LogP contribution in [0.15, 0.2) is 55.1 Å². The van der Waals surface area contributed by atoms with E-state index >= 15 is 0 Å². The van der Waals surface area contributed by atoms with Gasteiger partial charge < -0.3 is 15.4 Å². The third-order valence-corrected chi connectivity index (χ3v) is 5.85. The van der Waals surface area contributed by atoms with Crippen molar-refractivity contribution >= 4 is 29.7 Å². The van der Waals surface area contributed by atoms with Gasteiger partial charge in [0.15, 0.2) is 0 Å². The molecule has 0 fully saturated rings. The summed E-state index contributed by atoms with van der Waals surface area (Å²) in [6, 6.07) is 6.79. The first-order valence-corrected chi connectivity index (χ1v) is 12.2. The number of pyridine rings is 1. The van der Waals surface area contributed by atoms with Gasteiger partial charge in [0, 0.05) is 37.0 Å². The highest BCUT2D eigenvalue weighted by Gasteiger charge is 2.23. The van der Waals surface area contributed by atoms with E-state index in [-0.39, 0.29) is 23.4 Å². The number of hydrogen-bond acceptors (Lipinski definition) is 9. The number of aromatic nitrogens is 7. The van der Waals surface area contributed by atoms with Crippen molar-refractivity contribution in [1.29, 1.82) is 0 Å². The largest absolute Gasteiger partial charge is 0.465 e. The standard InChI is InChI=1S/C26H26FN9O4/c1-4-35-12-11-18(32-35)13-20(25(38)31-22-9-6-17(14-28-22)26(39)40-3)30-23(37)10-7-19-21(36-15-29-33-34-36)8-5-16(2)24(19)27/h5-12,14-15,20H,4,13H2,1-3H3,(H,30,37)(H,28,31,38)/b10-7+/t20-/m0/s1. The summed E-state index contributed by atoms with van der Waals surface area (Å²) in [4.78, 5) is 41.8. The highest BCUT2D eigenvalue weighted by atomic mass is 19.1. The maximum absolute atomic E-state index is 15.0. The maximum Gasteiger partial charge on any atom is 0.339 e. The van der Waals surface area contributed by atoms with Crippen molar-refractivity contribution in [1.82, 2.24) is 40.3 Å². The fraction of sp³-hybridized carbons (Fsp3) is 0.231. The lowest BCUT2D eigenvalue weighted by molar-refractivity contribution is -0.123. The highest BCUT2D eigenvalue weighted by molar-refractivity contribution is 6.00. The number of amides is 2. The molecule has 2 amide bonds. The molecule has 0 aliphatic rings. The Bertz CT molecular complexity index is 1530. The number of nitrogens with one attached hydrogen (secondary N) is 2. The van der Waals surface area contributed by atoms with Crippen LogP contribution in [0.3, 0.4) is 0 Å². The Morgan fingerprint density at radius 3 is 2.65 bits per heavy atom. The molecule has 0 aliphatic heterocycles. The lowest BCUT2D eigenvalue weighted by Crippen LogP contribution is -2.45. The van der Waals surface area contributed by atoms with Crippen LogP contribution >= 0.6 is 0 Å². The summed E-state index contributed by atoms with van der Waals surface area (Å²) in [5, 5.41) is 20.6. The van der Waals surface area contributed by atoms with Gasteiger partial charge in [0.2, 0.25) is 11.8 Å². The number of methoxy groups -OCH3 is 1. The number of carbonyl (C=O) groups is 3. The Morgan fingerprint density at radius 1 is 1.18 bits per heavy atom. The molecule has 0 unspecified atom stereocenters. The average molecular weight is 548 g/mol. The molecule has 4 aromatic rings. The number of tetrazole rings is 1. The quantitative estimate of drug-likeness (QED) is 0.223. The molecule has 0 saturated carbocycles. The van der Waals surface area contributed by atoms with Gasteiger partial charge >= 0.3 is 5.97 Å². The minimum atomic E-state index is -1.05. The molecule has 13 nitrogen and oxygen atoms in total. The molecule has 1 aromatic carbocycles. The minimum absolute atomic E-state index is 0.0767. The molecular weight excluding hydrogens is 521 g/mol. The molecule has 3 heterocycles. The van der Waals surface area contributed by atoms with Crippen LogP contribution in [0.5, 0.6) is 0 Å². The van der Waals surface area contributed by atoms with E-state index in [1.54, 1.807) is 36.0 Å². The van der Waals surface area contributed by atoms with E-state index in [0.29, 0.717) is 23.5 Å². The fourth-order valence-electron chi connectivity index (χ4n) is 3.73. The number of rotatable bonds is 10. The van der Waals surface area contributed by atoms with E-state index in [0.717, 1.165) is 6.08 Å². The predicted octanol–water partition coefficient (Wildman–Crippen LogP) is 1.89. The Kier molecular flexibility index (Phi) is 8.69. The third-order valence-electron chi connectivity index (χ3n) is 5.85. The second kappa shape index (κ2) is 12.5. The van der Waals surface area contributed by atoms with Crippen LogP contribution in [-0.2, 0) is 27.3 Å². The van der Waals surface area contributed by atoms with Gasteiger partial charge in [0.25, 0.3) is 0 Å². The number of anilines is 1. The van der Waals surface area contributed by atoms with Crippen molar-refractivity contribution in [3.05, 3.63) is 83.3 Å². The van der Waals surface area contributed by atoms with Crippen LogP contribution in [0.1, 0.15) is 34.1 Å². The summed E-state index contributed by atoms with van der Waals surface area (Å²) in [5.74, 6) is -2.16. The first kappa shape index (κ1) is 27.8. The Labute approximate surface area is 228 Å². The van der Waals surface area contributed by atoms with E-state index in [4.69, 9.17) is 0 Å². The van der Waals surface area contributed by atoms with Crippen molar-refractivity contribution in [3.63, 3.8) is 0 Å². The third kappa shape index (κ3) is 6.59. The average Bonchev–Trinajstić information content (AvgIpc) is 3.66. The zero-order valence-electron chi connectivity index (χ0n) is 21.9. The Morgan fingerprint density at radius 2 is 2.00 bits per heavy atom. The number of nitrogens with zero attached hydrogens (tertiary/aromatic N) is 7. The molecule has 14 heteroatoms. The summed E-state index contributed by atoms with van der Waals surface area (Å²) in [7, 11) is 1.25. The Balaban J connectivity index is 1.54. The van der Waals surface area contributed by atoms with Crippen LogP contribution in [0.2, 0.25) is 0 Å². The molecule has 4 rings (SSSR count). The topological polar surface area (TPSA) is 159 Å². The first-order valence-electron chi connectivity index (χ1n) is 12.2. The lowest BCUT2D eigenvalue weighted by Gasteiger charge is -2.17. The van der Waals surface area contributed by atoms with E-state index < -0.39 is 29.6 Å². The van der Waals surface area contributed by atoms with Gasteiger partial charge in [-0.25, -0.2) is 14.2 Å². The smallest absolute Gasteiger partial charge is 0.339 e. The molecule has 1 atom stereocenters. The van der Waals surface area contributed by atoms with Gasteiger partial charge in [-0.2, -0.15) is 9.78 Å². The maximum atomic E-state index is 15.0.